The smallest absolute Gasteiger partial charge is 0.237 e. The second-order valence-electron chi connectivity index (χ2n) is 4.57. The number of methoxy groups -OCH3 is 1. The molecule has 0 aromatic heterocycles. The summed E-state index contributed by atoms with van der Waals surface area (Å²) in [5.74, 6) is 0.0159. The van der Waals surface area contributed by atoms with Crippen LogP contribution >= 0.6 is 0 Å². The molecule has 0 aliphatic carbocycles. The van der Waals surface area contributed by atoms with Gasteiger partial charge in [0.1, 0.15) is 0 Å². The molecule has 0 fully saturated rings. The van der Waals surface area contributed by atoms with Gasteiger partial charge in [-0.15, -0.1) is 0 Å². The lowest BCUT2D eigenvalue weighted by molar-refractivity contribution is 0.217. The molecule has 106 valence electrons. The van der Waals surface area contributed by atoms with E-state index in [4.69, 9.17) is 4.74 Å². The molecule has 0 bridgehead atoms. The Bertz CT molecular complexity index is 530. The second-order valence-corrected chi connectivity index (χ2v) is 6.58. The van der Waals surface area contributed by atoms with Crippen LogP contribution in [-0.2, 0) is 14.8 Å². The van der Waals surface area contributed by atoms with Crippen LogP contribution in [0.25, 0.3) is 0 Å². The maximum absolute atomic E-state index is 12.3. The van der Waals surface area contributed by atoms with Crippen molar-refractivity contribution in [3.05, 3.63) is 29.8 Å². The molecule has 1 aliphatic heterocycles. The number of hydrogen-bond acceptors (Lipinski definition) is 4. The molecule has 1 heterocycles. The van der Waals surface area contributed by atoms with Crippen molar-refractivity contribution < 1.29 is 13.2 Å². The summed E-state index contributed by atoms with van der Waals surface area (Å²) in [7, 11) is 0.1000. The fourth-order valence-electron chi connectivity index (χ4n) is 2.42. The Kier molecular flexibility index (Phi) is 4.44. The molecule has 1 unspecified atom stereocenters. The van der Waals surface area contributed by atoms with Gasteiger partial charge in [0.25, 0.3) is 0 Å². The standard InChI is InChI=1S/C13H20N2O3S/c1-14-12-7-8-15(19(16,17)10-9-18-2)13-6-4-3-5-11(12)13/h3-6,12,14H,7-10H2,1-2H3. The molecule has 1 N–H and O–H groups in total. The van der Waals surface area contributed by atoms with Crippen LogP contribution in [0, 0.1) is 0 Å². The van der Waals surface area contributed by atoms with E-state index in [1.54, 1.807) is 0 Å². The van der Waals surface area contributed by atoms with E-state index in [-0.39, 0.29) is 18.4 Å². The zero-order valence-corrected chi connectivity index (χ0v) is 12.1. The van der Waals surface area contributed by atoms with Crippen LogP contribution in [0.2, 0.25) is 0 Å². The number of anilines is 1. The van der Waals surface area contributed by atoms with Gasteiger partial charge in [0, 0.05) is 19.7 Å². The molecule has 19 heavy (non-hydrogen) atoms. The predicted octanol–water partition coefficient (Wildman–Crippen LogP) is 1.13. The third-order valence-corrected chi connectivity index (χ3v) is 5.16. The van der Waals surface area contributed by atoms with Crippen molar-refractivity contribution in [1.29, 1.82) is 0 Å². The Morgan fingerprint density at radius 1 is 1.42 bits per heavy atom. The van der Waals surface area contributed by atoms with E-state index in [0.717, 1.165) is 17.7 Å². The minimum absolute atomic E-state index is 0.0159. The number of nitrogens with one attached hydrogen (secondary N) is 1. The number of hydrogen-bond donors (Lipinski definition) is 1. The minimum Gasteiger partial charge on any atom is -0.384 e. The first-order valence-corrected chi connectivity index (χ1v) is 7.96. The molecular weight excluding hydrogens is 264 g/mol. The topological polar surface area (TPSA) is 58.6 Å². The number of nitrogens with zero attached hydrogens (tertiary/aromatic N) is 1. The predicted molar refractivity (Wildman–Crippen MR) is 75.9 cm³/mol. The molecule has 0 saturated carbocycles. The Balaban J connectivity index is 2.34. The summed E-state index contributed by atoms with van der Waals surface area (Å²) in [6.07, 6.45) is 0.778. The summed E-state index contributed by atoms with van der Waals surface area (Å²) >= 11 is 0. The summed E-state index contributed by atoms with van der Waals surface area (Å²) in [6, 6.07) is 7.87. The van der Waals surface area contributed by atoms with Gasteiger partial charge >= 0.3 is 0 Å². The molecular formula is C13H20N2O3S. The second kappa shape index (κ2) is 5.90. The number of sulfonamides is 1. The van der Waals surface area contributed by atoms with Crippen molar-refractivity contribution in [2.45, 2.75) is 12.5 Å². The summed E-state index contributed by atoms with van der Waals surface area (Å²) < 4.78 is 31.0. The van der Waals surface area contributed by atoms with E-state index in [1.807, 2.05) is 31.3 Å². The quantitative estimate of drug-likeness (QED) is 0.880. The van der Waals surface area contributed by atoms with Gasteiger partial charge in [-0.3, -0.25) is 4.31 Å². The minimum atomic E-state index is -3.31. The Hall–Kier alpha value is -1.11. The number of fused-ring (bicyclic) bond motifs is 1. The van der Waals surface area contributed by atoms with Gasteiger partial charge in [0.05, 0.1) is 18.0 Å². The molecule has 0 spiro atoms. The van der Waals surface area contributed by atoms with Crippen molar-refractivity contribution >= 4 is 15.7 Å². The molecule has 1 aliphatic rings. The lowest BCUT2D eigenvalue weighted by Gasteiger charge is -2.34. The SMILES string of the molecule is CNC1CCN(S(=O)(=O)CCOC)c2ccccc21. The van der Waals surface area contributed by atoms with E-state index in [1.165, 1.54) is 11.4 Å². The van der Waals surface area contributed by atoms with Crippen molar-refractivity contribution in [3.8, 4) is 0 Å². The van der Waals surface area contributed by atoms with Crippen molar-refractivity contribution in [3.63, 3.8) is 0 Å². The molecule has 6 heteroatoms. The highest BCUT2D eigenvalue weighted by Gasteiger charge is 2.30. The summed E-state index contributed by atoms with van der Waals surface area (Å²) in [4.78, 5) is 0. The largest absolute Gasteiger partial charge is 0.384 e. The Morgan fingerprint density at radius 3 is 2.84 bits per heavy atom. The number of ether oxygens (including phenoxy) is 1. The van der Waals surface area contributed by atoms with Gasteiger partial charge in [-0.05, 0) is 25.1 Å². The van der Waals surface area contributed by atoms with Crippen molar-refractivity contribution in [2.75, 3.05) is 37.4 Å². The van der Waals surface area contributed by atoms with Gasteiger partial charge in [0.2, 0.25) is 10.0 Å². The first-order chi connectivity index (χ1) is 9.10. The molecule has 0 amide bonds. The Morgan fingerprint density at radius 2 is 2.16 bits per heavy atom. The van der Waals surface area contributed by atoms with Crippen molar-refractivity contribution in [2.24, 2.45) is 0 Å². The van der Waals surface area contributed by atoms with Crippen LogP contribution in [0.15, 0.2) is 24.3 Å². The zero-order valence-electron chi connectivity index (χ0n) is 11.3. The molecule has 1 aromatic carbocycles. The number of rotatable bonds is 5. The maximum atomic E-state index is 12.3. The van der Waals surface area contributed by atoms with Crippen LogP contribution in [0.4, 0.5) is 5.69 Å². The van der Waals surface area contributed by atoms with E-state index in [2.05, 4.69) is 5.32 Å². The van der Waals surface area contributed by atoms with Gasteiger partial charge in [-0.1, -0.05) is 18.2 Å². The van der Waals surface area contributed by atoms with E-state index in [0.29, 0.717) is 6.54 Å². The number of benzene rings is 1. The molecule has 1 aromatic rings. The van der Waals surface area contributed by atoms with Gasteiger partial charge in [0.15, 0.2) is 0 Å². The molecule has 1 atom stereocenters. The van der Waals surface area contributed by atoms with E-state index < -0.39 is 10.0 Å². The van der Waals surface area contributed by atoms with Crippen LogP contribution in [-0.4, -0.2) is 41.5 Å². The van der Waals surface area contributed by atoms with Gasteiger partial charge in [-0.25, -0.2) is 8.42 Å². The van der Waals surface area contributed by atoms with E-state index in [9.17, 15) is 8.42 Å². The third kappa shape index (κ3) is 2.91. The highest BCUT2D eigenvalue weighted by Crippen LogP contribution is 2.34. The maximum Gasteiger partial charge on any atom is 0.237 e. The highest BCUT2D eigenvalue weighted by atomic mass is 32.2. The average molecular weight is 284 g/mol. The normalized spacial score (nSPS) is 19.3. The molecule has 5 nitrogen and oxygen atoms in total. The fourth-order valence-corrected chi connectivity index (χ4v) is 3.87. The fraction of sp³-hybridized carbons (Fsp3) is 0.538. The van der Waals surface area contributed by atoms with Gasteiger partial charge in [-0.2, -0.15) is 0 Å². The summed E-state index contributed by atoms with van der Waals surface area (Å²) in [5, 5.41) is 3.23. The highest BCUT2D eigenvalue weighted by molar-refractivity contribution is 7.92. The first-order valence-electron chi connectivity index (χ1n) is 6.35. The van der Waals surface area contributed by atoms with Gasteiger partial charge < -0.3 is 10.1 Å². The lowest BCUT2D eigenvalue weighted by Crippen LogP contribution is -2.40. The summed E-state index contributed by atoms with van der Waals surface area (Å²) in [6.45, 7) is 0.727. The van der Waals surface area contributed by atoms with Crippen LogP contribution in [0.1, 0.15) is 18.0 Å². The van der Waals surface area contributed by atoms with Crippen LogP contribution in [0.3, 0.4) is 0 Å². The average Bonchev–Trinajstić information content (AvgIpc) is 2.43. The molecule has 0 saturated heterocycles. The monoisotopic (exact) mass is 284 g/mol. The van der Waals surface area contributed by atoms with Crippen LogP contribution in [0.5, 0.6) is 0 Å². The molecule has 2 rings (SSSR count). The first kappa shape index (κ1) is 14.3. The lowest BCUT2D eigenvalue weighted by atomic mass is 9.98. The zero-order chi connectivity index (χ0) is 13.9. The van der Waals surface area contributed by atoms with E-state index >= 15 is 0 Å². The van der Waals surface area contributed by atoms with Crippen LogP contribution < -0.4 is 9.62 Å². The third-order valence-electron chi connectivity index (χ3n) is 3.43. The Labute approximate surface area is 114 Å². The van der Waals surface area contributed by atoms with Crippen molar-refractivity contribution in [1.82, 2.24) is 5.32 Å². The number of para-hydroxylation sites is 1. The molecule has 0 radical (unpaired) electrons. The summed E-state index contributed by atoms with van der Waals surface area (Å²) in [5.41, 5.74) is 1.82.